The average Bonchev–Trinajstić information content (AvgIpc) is 3.16. The minimum Gasteiger partial charge on any atom is -0.490 e. The molecule has 27 heavy (non-hydrogen) atoms. The number of hydrogen-bond donors (Lipinski definition) is 2. The van der Waals surface area contributed by atoms with Crippen molar-refractivity contribution in [1.82, 2.24) is 15.2 Å². The zero-order chi connectivity index (χ0) is 18.6. The Bertz CT molecular complexity index is 675. The van der Waals surface area contributed by atoms with Gasteiger partial charge in [-0.2, -0.15) is 0 Å². The predicted molar refractivity (Wildman–Crippen MR) is 122 cm³/mol. The molecule has 0 unspecified atom stereocenters. The molecule has 1 aromatic carbocycles. The molecular formula is C20H31IN4O2. The van der Waals surface area contributed by atoms with Crippen LogP contribution in [0.5, 0.6) is 11.5 Å². The van der Waals surface area contributed by atoms with Crippen LogP contribution in [0.3, 0.4) is 0 Å². The molecule has 1 aromatic heterocycles. The van der Waals surface area contributed by atoms with E-state index in [4.69, 9.17) is 9.47 Å². The van der Waals surface area contributed by atoms with Crippen molar-refractivity contribution in [2.24, 2.45) is 4.99 Å². The van der Waals surface area contributed by atoms with Crippen molar-refractivity contribution in [3.8, 4) is 11.5 Å². The summed E-state index contributed by atoms with van der Waals surface area (Å²) in [7, 11) is 1.79. The Labute approximate surface area is 179 Å². The summed E-state index contributed by atoms with van der Waals surface area (Å²) in [6.45, 7) is 7.74. The van der Waals surface area contributed by atoms with Crippen LogP contribution < -0.4 is 20.1 Å². The van der Waals surface area contributed by atoms with Gasteiger partial charge in [0.15, 0.2) is 17.5 Å². The monoisotopic (exact) mass is 486 g/mol. The fourth-order valence-electron chi connectivity index (χ4n) is 2.62. The van der Waals surface area contributed by atoms with Crippen LogP contribution in [-0.2, 0) is 13.0 Å². The second-order valence-corrected chi connectivity index (χ2v) is 5.74. The van der Waals surface area contributed by atoms with Crippen LogP contribution in [0.1, 0.15) is 19.4 Å². The number of benzene rings is 1. The molecule has 6 nitrogen and oxygen atoms in total. The van der Waals surface area contributed by atoms with E-state index in [0.717, 1.165) is 43.5 Å². The summed E-state index contributed by atoms with van der Waals surface area (Å²) in [5, 5.41) is 6.67. The standard InChI is InChI=1S/C20H30N4O2.HI/c1-4-25-18-9-8-17(16-19(18)26-5-2)10-11-22-20(21-3)23-12-15-24-13-6-7-14-24;/h6-9,13-14,16H,4-5,10-12,15H2,1-3H3,(H2,21,22,23);1H. The number of nitrogens with zero attached hydrogens (tertiary/aromatic N) is 2. The van der Waals surface area contributed by atoms with Gasteiger partial charge in [0.05, 0.1) is 13.2 Å². The molecule has 0 saturated heterocycles. The number of nitrogens with one attached hydrogen (secondary N) is 2. The smallest absolute Gasteiger partial charge is 0.191 e. The lowest BCUT2D eigenvalue weighted by Crippen LogP contribution is -2.39. The van der Waals surface area contributed by atoms with Crippen LogP contribution in [0.4, 0.5) is 0 Å². The van der Waals surface area contributed by atoms with Gasteiger partial charge in [0.1, 0.15) is 0 Å². The van der Waals surface area contributed by atoms with Gasteiger partial charge in [-0.3, -0.25) is 4.99 Å². The predicted octanol–water partition coefficient (Wildman–Crippen LogP) is 3.31. The summed E-state index contributed by atoms with van der Waals surface area (Å²) in [5.74, 6) is 2.42. The molecule has 1 heterocycles. The van der Waals surface area contributed by atoms with Gasteiger partial charge in [-0.1, -0.05) is 6.07 Å². The Morgan fingerprint density at radius 3 is 2.33 bits per heavy atom. The first-order valence-electron chi connectivity index (χ1n) is 9.20. The second kappa shape index (κ2) is 13.3. The van der Waals surface area contributed by atoms with Crippen molar-refractivity contribution in [3.63, 3.8) is 0 Å². The molecule has 2 aromatic rings. The van der Waals surface area contributed by atoms with Crippen LogP contribution >= 0.6 is 24.0 Å². The Kier molecular flexibility index (Phi) is 11.4. The zero-order valence-corrected chi connectivity index (χ0v) is 18.7. The third-order valence-electron chi connectivity index (χ3n) is 3.87. The Morgan fingerprint density at radius 2 is 1.67 bits per heavy atom. The lowest BCUT2D eigenvalue weighted by Gasteiger charge is -2.14. The number of guanidine groups is 1. The van der Waals surface area contributed by atoms with E-state index >= 15 is 0 Å². The van der Waals surface area contributed by atoms with Crippen LogP contribution in [0.25, 0.3) is 0 Å². The highest BCUT2D eigenvalue weighted by molar-refractivity contribution is 14.0. The summed E-state index contributed by atoms with van der Waals surface area (Å²) in [6, 6.07) is 10.2. The van der Waals surface area contributed by atoms with Gasteiger partial charge in [-0.25, -0.2) is 0 Å². The average molecular weight is 486 g/mol. The third-order valence-corrected chi connectivity index (χ3v) is 3.87. The Hall–Kier alpha value is -1.90. The molecule has 0 amide bonds. The molecule has 0 aliphatic rings. The highest BCUT2D eigenvalue weighted by Gasteiger charge is 2.06. The van der Waals surface area contributed by atoms with E-state index in [-0.39, 0.29) is 24.0 Å². The molecule has 2 N–H and O–H groups in total. The maximum atomic E-state index is 5.68. The Balaban J connectivity index is 0.00000364. The summed E-state index contributed by atoms with van der Waals surface area (Å²) in [4.78, 5) is 4.26. The number of hydrogen-bond acceptors (Lipinski definition) is 3. The van der Waals surface area contributed by atoms with Gasteiger partial charge in [-0.05, 0) is 50.1 Å². The van der Waals surface area contributed by atoms with Crippen LogP contribution in [0.2, 0.25) is 0 Å². The number of aromatic nitrogens is 1. The first-order valence-corrected chi connectivity index (χ1v) is 9.20. The fraction of sp³-hybridized carbons (Fsp3) is 0.450. The van der Waals surface area contributed by atoms with Gasteiger partial charge in [0.2, 0.25) is 0 Å². The van der Waals surface area contributed by atoms with E-state index < -0.39 is 0 Å². The van der Waals surface area contributed by atoms with Gasteiger partial charge >= 0.3 is 0 Å². The number of ether oxygens (including phenoxy) is 2. The van der Waals surface area contributed by atoms with Crippen LogP contribution in [-0.4, -0.2) is 43.9 Å². The van der Waals surface area contributed by atoms with Crippen molar-refractivity contribution in [3.05, 3.63) is 48.3 Å². The molecule has 0 fully saturated rings. The lowest BCUT2D eigenvalue weighted by atomic mass is 10.1. The number of halogens is 1. The number of rotatable bonds is 10. The number of aliphatic imine (C=N–C) groups is 1. The summed E-state index contributed by atoms with van der Waals surface area (Å²) in [6.07, 6.45) is 4.99. The van der Waals surface area contributed by atoms with Crippen molar-refractivity contribution < 1.29 is 9.47 Å². The van der Waals surface area contributed by atoms with E-state index in [1.165, 1.54) is 5.56 Å². The van der Waals surface area contributed by atoms with Gasteiger partial charge in [0.25, 0.3) is 0 Å². The van der Waals surface area contributed by atoms with Crippen molar-refractivity contribution in [2.45, 2.75) is 26.8 Å². The van der Waals surface area contributed by atoms with Gasteiger partial charge in [0, 0.05) is 39.1 Å². The summed E-state index contributed by atoms with van der Waals surface area (Å²) in [5.41, 5.74) is 1.20. The maximum Gasteiger partial charge on any atom is 0.191 e. The second-order valence-electron chi connectivity index (χ2n) is 5.74. The molecule has 2 rings (SSSR count). The first-order chi connectivity index (χ1) is 12.8. The van der Waals surface area contributed by atoms with Crippen molar-refractivity contribution >= 4 is 29.9 Å². The molecule has 0 radical (unpaired) electrons. The van der Waals surface area contributed by atoms with Gasteiger partial charge in [-0.15, -0.1) is 24.0 Å². The largest absolute Gasteiger partial charge is 0.490 e. The van der Waals surface area contributed by atoms with Gasteiger partial charge < -0.3 is 24.7 Å². The van der Waals surface area contributed by atoms with Crippen LogP contribution in [0.15, 0.2) is 47.7 Å². The van der Waals surface area contributed by atoms with E-state index in [1.807, 2.05) is 32.0 Å². The topological polar surface area (TPSA) is 59.8 Å². The summed E-state index contributed by atoms with van der Waals surface area (Å²) >= 11 is 0. The molecule has 0 atom stereocenters. The maximum absolute atomic E-state index is 5.68. The molecule has 150 valence electrons. The molecular weight excluding hydrogens is 455 g/mol. The molecule has 0 spiro atoms. The Morgan fingerprint density at radius 1 is 1.00 bits per heavy atom. The quantitative estimate of drug-likeness (QED) is 0.308. The summed E-state index contributed by atoms with van der Waals surface area (Å²) < 4.78 is 13.4. The normalized spacial score (nSPS) is 10.9. The third kappa shape index (κ3) is 8.11. The highest BCUT2D eigenvalue weighted by atomic mass is 127. The lowest BCUT2D eigenvalue weighted by molar-refractivity contribution is 0.287. The van der Waals surface area contributed by atoms with Crippen molar-refractivity contribution in [1.29, 1.82) is 0 Å². The van der Waals surface area contributed by atoms with Crippen LogP contribution in [0, 0.1) is 0 Å². The molecule has 0 aliphatic carbocycles. The zero-order valence-electron chi connectivity index (χ0n) is 16.4. The van der Waals surface area contributed by atoms with Crippen molar-refractivity contribution in [2.75, 3.05) is 33.4 Å². The SMILES string of the molecule is CCOc1ccc(CCNC(=NC)NCCn2cccc2)cc1OCC.I. The highest BCUT2D eigenvalue weighted by Crippen LogP contribution is 2.28. The van der Waals surface area contributed by atoms with E-state index in [0.29, 0.717) is 13.2 Å². The minimum absolute atomic E-state index is 0. The molecule has 7 heteroatoms. The molecule has 0 saturated carbocycles. The minimum atomic E-state index is 0. The molecule has 0 bridgehead atoms. The first kappa shape index (κ1) is 23.1. The molecule has 0 aliphatic heterocycles. The fourth-order valence-corrected chi connectivity index (χ4v) is 2.62. The van der Waals surface area contributed by atoms with E-state index in [9.17, 15) is 0 Å². The van der Waals surface area contributed by atoms with E-state index in [2.05, 4.69) is 44.7 Å². The van der Waals surface area contributed by atoms with E-state index in [1.54, 1.807) is 7.05 Å².